The summed E-state index contributed by atoms with van der Waals surface area (Å²) in [4.78, 5) is 18.7. The SMILES string of the molecule is CC1(C)OC(=O)N(C2CCC(Nc3cc(Cl)ncc3N)CC2)C1c1ccccc1. The highest BCUT2D eigenvalue weighted by molar-refractivity contribution is 6.29. The summed E-state index contributed by atoms with van der Waals surface area (Å²) in [6.45, 7) is 3.98. The molecule has 3 N–H and O–H groups in total. The van der Waals surface area contributed by atoms with Crippen molar-refractivity contribution in [3.05, 3.63) is 53.3 Å². The second-order valence-corrected chi connectivity index (χ2v) is 8.82. The van der Waals surface area contributed by atoms with E-state index in [2.05, 4.69) is 22.4 Å². The minimum atomic E-state index is -0.560. The quantitative estimate of drug-likeness (QED) is 0.687. The third kappa shape index (κ3) is 3.99. The van der Waals surface area contributed by atoms with Gasteiger partial charge in [0.05, 0.1) is 23.6 Å². The van der Waals surface area contributed by atoms with Crippen LogP contribution in [0, 0.1) is 0 Å². The number of halogens is 1. The number of hydrogen-bond acceptors (Lipinski definition) is 5. The van der Waals surface area contributed by atoms with Crippen molar-refractivity contribution < 1.29 is 9.53 Å². The molecular weight excluding hydrogens is 388 g/mol. The van der Waals surface area contributed by atoms with E-state index in [-0.39, 0.29) is 24.2 Å². The highest BCUT2D eigenvalue weighted by atomic mass is 35.5. The molecule has 4 rings (SSSR count). The molecular formula is C22H27ClN4O2. The van der Waals surface area contributed by atoms with Crippen molar-refractivity contribution >= 4 is 29.1 Å². The number of hydrogen-bond donors (Lipinski definition) is 2. The third-order valence-corrected chi connectivity index (χ3v) is 6.17. The normalized spacial score (nSPS) is 26.2. The number of cyclic esters (lactones) is 1. The first-order valence-corrected chi connectivity index (χ1v) is 10.5. The Morgan fingerprint density at radius 1 is 1.21 bits per heavy atom. The van der Waals surface area contributed by atoms with E-state index in [1.165, 1.54) is 0 Å². The summed E-state index contributed by atoms with van der Waals surface area (Å²) >= 11 is 6.00. The number of nitrogens with two attached hydrogens (primary N) is 1. The molecule has 7 heteroatoms. The molecule has 0 radical (unpaired) electrons. The molecule has 1 aliphatic carbocycles. The van der Waals surface area contributed by atoms with E-state index in [0.29, 0.717) is 10.8 Å². The Labute approximate surface area is 176 Å². The number of rotatable bonds is 4. The number of nitrogen functional groups attached to an aromatic ring is 1. The molecule has 29 heavy (non-hydrogen) atoms. The zero-order valence-corrected chi connectivity index (χ0v) is 17.5. The monoisotopic (exact) mass is 414 g/mol. The highest BCUT2D eigenvalue weighted by Crippen LogP contribution is 2.44. The minimum absolute atomic E-state index is 0.0830. The van der Waals surface area contributed by atoms with Gasteiger partial charge >= 0.3 is 6.09 Å². The van der Waals surface area contributed by atoms with Crippen molar-refractivity contribution in [3.63, 3.8) is 0 Å². The summed E-state index contributed by atoms with van der Waals surface area (Å²) in [6.07, 6.45) is 5.05. The molecule has 1 aromatic heterocycles. The molecule has 154 valence electrons. The van der Waals surface area contributed by atoms with E-state index in [9.17, 15) is 4.79 Å². The first-order chi connectivity index (χ1) is 13.8. The molecule has 0 spiro atoms. The van der Waals surface area contributed by atoms with E-state index in [1.54, 1.807) is 12.3 Å². The molecule has 2 fully saturated rings. The Bertz CT molecular complexity index is 882. The molecule has 6 nitrogen and oxygen atoms in total. The molecule has 2 aliphatic rings. The maximum atomic E-state index is 12.8. The summed E-state index contributed by atoms with van der Waals surface area (Å²) in [7, 11) is 0. The van der Waals surface area contributed by atoms with Crippen LogP contribution >= 0.6 is 11.6 Å². The van der Waals surface area contributed by atoms with Crippen LogP contribution in [0.1, 0.15) is 51.1 Å². The number of ether oxygens (including phenoxy) is 1. The van der Waals surface area contributed by atoms with Crippen LogP contribution in [-0.2, 0) is 4.74 Å². The van der Waals surface area contributed by atoms with E-state index in [1.807, 2.05) is 36.9 Å². The Balaban J connectivity index is 1.47. The topological polar surface area (TPSA) is 80.5 Å². The van der Waals surface area contributed by atoms with Gasteiger partial charge in [0.1, 0.15) is 10.8 Å². The summed E-state index contributed by atoms with van der Waals surface area (Å²) in [5, 5.41) is 3.91. The van der Waals surface area contributed by atoms with Gasteiger partial charge < -0.3 is 15.8 Å². The number of nitrogens with one attached hydrogen (secondary N) is 1. The van der Waals surface area contributed by atoms with Gasteiger partial charge in [-0.25, -0.2) is 9.78 Å². The lowest BCUT2D eigenvalue weighted by Crippen LogP contribution is -2.44. The fraction of sp³-hybridized carbons (Fsp3) is 0.455. The molecule has 1 saturated carbocycles. The molecule has 1 aromatic carbocycles. The maximum Gasteiger partial charge on any atom is 0.411 e. The molecule has 1 unspecified atom stereocenters. The lowest BCUT2D eigenvalue weighted by atomic mass is 9.86. The number of amides is 1. The second-order valence-electron chi connectivity index (χ2n) is 8.44. The molecule has 2 heterocycles. The van der Waals surface area contributed by atoms with Gasteiger partial charge in [-0.3, -0.25) is 4.90 Å². The Morgan fingerprint density at radius 3 is 2.59 bits per heavy atom. The van der Waals surface area contributed by atoms with E-state index < -0.39 is 5.60 Å². The fourth-order valence-corrected chi connectivity index (χ4v) is 4.77. The van der Waals surface area contributed by atoms with Gasteiger partial charge in [-0.15, -0.1) is 0 Å². The minimum Gasteiger partial charge on any atom is -0.441 e. The first kappa shape index (κ1) is 19.8. The Kier molecular flexibility index (Phi) is 5.30. The average Bonchev–Trinajstić information content (AvgIpc) is 2.94. The average molecular weight is 415 g/mol. The van der Waals surface area contributed by atoms with Crippen molar-refractivity contribution in [1.29, 1.82) is 0 Å². The molecule has 2 aromatic rings. The van der Waals surface area contributed by atoms with Crippen LogP contribution in [0.4, 0.5) is 16.2 Å². The van der Waals surface area contributed by atoms with E-state index in [4.69, 9.17) is 22.1 Å². The van der Waals surface area contributed by atoms with Crippen LogP contribution in [-0.4, -0.2) is 33.7 Å². The molecule has 1 atom stereocenters. The highest BCUT2D eigenvalue weighted by Gasteiger charge is 2.51. The zero-order chi connectivity index (χ0) is 20.6. The number of carbonyl (C=O) groups excluding carboxylic acids is 1. The summed E-state index contributed by atoms with van der Waals surface area (Å²) in [5.41, 5.74) is 7.97. The smallest absolute Gasteiger partial charge is 0.411 e. The van der Waals surface area contributed by atoms with Crippen LogP contribution in [0.5, 0.6) is 0 Å². The molecule has 1 amide bonds. The molecule has 0 bridgehead atoms. The first-order valence-electron chi connectivity index (χ1n) is 10.1. The maximum absolute atomic E-state index is 12.8. The second kappa shape index (κ2) is 7.75. The number of benzene rings is 1. The zero-order valence-electron chi connectivity index (χ0n) is 16.8. The van der Waals surface area contributed by atoms with Gasteiger partial charge in [0.25, 0.3) is 0 Å². The summed E-state index contributed by atoms with van der Waals surface area (Å²) in [5.74, 6) is 0. The summed E-state index contributed by atoms with van der Waals surface area (Å²) < 4.78 is 5.77. The van der Waals surface area contributed by atoms with Crippen LogP contribution in [0.3, 0.4) is 0 Å². The standard InChI is InChI=1S/C22H27ClN4O2/c1-22(2)20(14-6-4-3-5-7-14)27(21(28)29-22)16-10-8-15(9-11-16)26-18-12-19(23)25-13-17(18)24/h3-7,12-13,15-16,20H,8-11,24H2,1-2H3,(H,25,26). The van der Waals surface area contributed by atoms with Gasteiger partial charge in [-0.2, -0.15) is 0 Å². The number of pyridine rings is 1. The van der Waals surface area contributed by atoms with Crippen molar-refractivity contribution in [1.82, 2.24) is 9.88 Å². The van der Waals surface area contributed by atoms with Crippen LogP contribution in [0.2, 0.25) is 5.15 Å². The van der Waals surface area contributed by atoms with Gasteiger partial charge in [0.15, 0.2) is 0 Å². The predicted octanol–water partition coefficient (Wildman–Crippen LogP) is 5.01. The summed E-state index contributed by atoms with van der Waals surface area (Å²) in [6, 6.07) is 12.3. The van der Waals surface area contributed by atoms with Crippen molar-refractivity contribution in [2.24, 2.45) is 0 Å². The van der Waals surface area contributed by atoms with E-state index >= 15 is 0 Å². The predicted molar refractivity (Wildman–Crippen MR) is 115 cm³/mol. The van der Waals surface area contributed by atoms with Crippen molar-refractivity contribution in [2.75, 3.05) is 11.1 Å². The van der Waals surface area contributed by atoms with E-state index in [0.717, 1.165) is 36.9 Å². The number of nitrogens with zero attached hydrogens (tertiary/aromatic N) is 2. The lowest BCUT2D eigenvalue weighted by molar-refractivity contribution is 0.0664. The van der Waals surface area contributed by atoms with Crippen LogP contribution < -0.4 is 11.1 Å². The van der Waals surface area contributed by atoms with Crippen LogP contribution in [0.25, 0.3) is 0 Å². The van der Waals surface area contributed by atoms with Gasteiger partial charge in [-0.1, -0.05) is 41.9 Å². The number of carbonyl (C=O) groups is 1. The largest absolute Gasteiger partial charge is 0.441 e. The van der Waals surface area contributed by atoms with Crippen LogP contribution in [0.15, 0.2) is 42.6 Å². The molecule has 1 saturated heterocycles. The fourth-order valence-electron chi connectivity index (χ4n) is 4.61. The van der Waals surface area contributed by atoms with Crippen molar-refractivity contribution in [3.8, 4) is 0 Å². The third-order valence-electron chi connectivity index (χ3n) is 5.96. The Morgan fingerprint density at radius 2 is 1.90 bits per heavy atom. The van der Waals surface area contributed by atoms with Crippen molar-refractivity contribution in [2.45, 2.75) is 63.3 Å². The molecule has 1 aliphatic heterocycles. The van der Waals surface area contributed by atoms with Gasteiger partial charge in [0.2, 0.25) is 0 Å². The Hall–Kier alpha value is -2.47. The van der Waals surface area contributed by atoms with Gasteiger partial charge in [-0.05, 0) is 45.1 Å². The number of aromatic nitrogens is 1. The number of anilines is 2. The van der Waals surface area contributed by atoms with Gasteiger partial charge in [0, 0.05) is 18.2 Å². The lowest BCUT2D eigenvalue weighted by Gasteiger charge is -2.38.